The number of piperidine rings is 1. The number of benzene rings is 1. The predicted octanol–water partition coefficient (Wildman–Crippen LogP) is 4.67. The predicted molar refractivity (Wildman–Crippen MR) is 112 cm³/mol. The van der Waals surface area contributed by atoms with Gasteiger partial charge in [-0.1, -0.05) is 24.3 Å². The van der Waals surface area contributed by atoms with Gasteiger partial charge >= 0.3 is 0 Å². The van der Waals surface area contributed by atoms with Crippen molar-refractivity contribution in [1.29, 1.82) is 0 Å². The highest BCUT2D eigenvalue weighted by atomic mass is 32.1. The number of carbonyl (C=O) groups excluding carboxylic acids is 1. The summed E-state index contributed by atoms with van der Waals surface area (Å²) < 4.78 is 6.04. The molecule has 1 atom stereocenters. The van der Waals surface area contributed by atoms with Crippen molar-refractivity contribution in [2.45, 2.75) is 25.7 Å². The largest absolute Gasteiger partial charge is 0.419 e. The molecule has 0 bridgehead atoms. The van der Waals surface area contributed by atoms with E-state index in [0.29, 0.717) is 24.0 Å². The molecule has 0 spiro atoms. The summed E-state index contributed by atoms with van der Waals surface area (Å²) in [6.07, 6.45) is 3.61. The van der Waals surface area contributed by atoms with Gasteiger partial charge in [-0.15, -0.1) is 21.5 Å². The smallest absolute Gasteiger partial charge is 0.266 e. The first-order valence-corrected chi connectivity index (χ1v) is 10.5. The molecule has 3 aromatic heterocycles. The van der Waals surface area contributed by atoms with Crippen molar-refractivity contribution in [1.82, 2.24) is 20.1 Å². The van der Waals surface area contributed by atoms with Crippen molar-refractivity contribution >= 4 is 28.0 Å². The van der Waals surface area contributed by atoms with Gasteiger partial charge in [0.15, 0.2) is 0 Å². The number of hydrogen-bond acceptors (Lipinski definition) is 6. The number of carbonyl (C=O) groups is 1. The lowest BCUT2D eigenvalue weighted by Crippen LogP contribution is -2.38. The Morgan fingerprint density at radius 1 is 1.17 bits per heavy atom. The summed E-state index contributed by atoms with van der Waals surface area (Å²) in [5, 5.41) is 10.6. The molecule has 1 fully saturated rings. The lowest BCUT2D eigenvalue weighted by Gasteiger charge is -2.30. The zero-order valence-electron chi connectivity index (χ0n) is 16.0. The zero-order chi connectivity index (χ0) is 19.8. The van der Waals surface area contributed by atoms with Crippen LogP contribution in [-0.4, -0.2) is 39.1 Å². The number of hydrogen-bond donors (Lipinski definition) is 0. The summed E-state index contributed by atoms with van der Waals surface area (Å²) >= 11 is 1.54. The second-order valence-corrected chi connectivity index (χ2v) is 8.61. The normalized spacial score (nSPS) is 17.0. The van der Waals surface area contributed by atoms with Gasteiger partial charge in [0.2, 0.25) is 5.89 Å². The van der Waals surface area contributed by atoms with E-state index in [9.17, 15) is 4.79 Å². The van der Waals surface area contributed by atoms with E-state index in [2.05, 4.69) is 15.2 Å². The summed E-state index contributed by atoms with van der Waals surface area (Å²) in [4.78, 5) is 21.1. The number of amides is 1. The van der Waals surface area contributed by atoms with Crippen molar-refractivity contribution < 1.29 is 9.21 Å². The third-order valence-electron chi connectivity index (χ3n) is 5.33. The molecule has 7 heteroatoms. The van der Waals surface area contributed by atoms with Crippen molar-refractivity contribution in [2.24, 2.45) is 0 Å². The number of rotatable bonds is 3. The van der Waals surface area contributed by atoms with Gasteiger partial charge in [0.05, 0.1) is 10.8 Å². The van der Waals surface area contributed by atoms with Crippen LogP contribution in [0.2, 0.25) is 0 Å². The van der Waals surface area contributed by atoms with E-state index in [0.717, 1.165) is 39.9 Å². The Hall–Kier alpha value is -3.06. The molecule has 1 aliphatic heterocycles. The minimum Gasteiger partial charge on any atom is -0.419 e. The van der Waals surface area contributed by atoms with Crippen LogP contribution in [0, 0.1) is 6.92 Å². The van der Waals surface area contributed by atoms with Crippen LogP contribution >= 0.6 is 11.3 Å². The number of aryl methyl sites for hydroxylation is 1. The summed E-state index contributed by atoms with van der Waals surface area (Å²) in [5.74, 6) is 1.14. The lowest BCUT2D eigenvalue weighted by molar-refractivity contribution is 0.0703. The second kappa shape index (κ2) is 7.40. The molecule has 5 rings (SSSR count). The highest BCUT2D eigenvalue weighted by Crippen LogP contribution is 2.31. The number of likely N-dealkylation sites (tertiary alicyclic amines) is 1. The molecule has 1 amide bonds. The van der Waals surface area contributed by atoms with Crippen molar-refractivity contribution in [2.75, 3.05) is 13.1 Å². The minimum absolute atomic E-state index is 0.0463. The van der Waals surface area contributed by atoms with E-state index in [1.54, 1.807) is 6.20 Å². The summed E-state index contributed by atoms with van der Waals surface area (Å²) in [7, 11) is 0. The van der Waals surface area contributed by atoms with Gasteiger partial charge < -0.3 is 9.32 Å². The monoisotopic (exact) mass is 404 g/mol. The Kier molecular flexibility index (Phi) is 4.60. The third kappa shape index (κ3) is 3.42. The molecule has 0 radical (unpaired) electrons. The molecule has 6 nitrogen and oxygen atoms in total. The maximum atomic E-state index is 12.8. The molecule has 1 saturated heterocycles. The van der Waals surface area contributed by atoms with E-state index in [-0.39, 0.29) is 11.8 Å². The Morgan fingerprint density at radius 2 is 2.07 bits per heavy atom. The van der Waals surface area contributed by atoms with Gasteiger partial charge in [-0.05, 0) is 43.4 Å². The summed E-state index contributed by atoms with van der Waals surface area (Å²) in [6, 6.07) is 13.9. The quantitative estimate of drug-likeness (QED) is 0.496. The third-order valence-corrected chi connectivity index (χ3v) is 6.31. The first-order chi connectivity index (χ1) is 14.2. The van der Waals surface area contributed by atoms with E-state index >= 15 is 0 Å². The van der Waals surface area contributed by atoms with Gasteiger partial charge in [-0.2, -0.15) is 0 Å². The van der Waals surface area contributed by atoms with Crippen molar-refractivity contribution in [3.63, 3.8) is 0 Å². The van der Waals surface area contributed by atoms with E-state index in [1.807, 2.05) is 54.3 Å². The zero-order valence-corrected chi connectivity index (χ0v) is 16.9. The van der Waals surface area contributed by atoms with E-state index in [4.69, 9.17) is 4.42 Å². The minimum atomic E-state index is 0.0463. The molecule has 0 saturated carbocycles. The molecule has 0 aliphatic carbocycles. The van der Waals surface area contributed by atoms with Crippen LogP contribution < -0.4 is 0 Å². The second-order valence-electron chi connectivity index (χ2n) is 7.33. The number of fused-ring (bicyclic) bond motifs is 1. The first-order valence-electron chi connectivity index (χ1n) is 9.72. The molecular formula is C22H20N4O2S. The number of pyridine rings is 1. The number of thiophene rings is 1. The maximum absolute atomic E-state index is 12.8. The highest BCUT2D eigenvalue weighted by molar-refractivity contribution is 7.13. The lowest BCUT2D eigenvalue weighted by atomic mass is 9.98. The van der Waals surface area contributed by atoms with Crippen LogP contribution in [0.15, 0.2) is 53.1 Å². The SMILES string of the molecule is Cc1ccc(C(=O)N2CCC[C@@H](c3nnc(-c4nccc5ccccc45)o3)C2)s1. The van der Waals surface area contributed by atoms with Crippen molar-refractivity contribution in [3.05, 3.63) is 64.3 Å². The van der Waals surface area contributed by atoms with Crippen LogP contribution in [0.4, 0.5) is 0 Å². The Bertz CT molecular complexity index is 1180. The Labute approximate surface area is 172 Å². The van der Waals surface area contributed by atoms with Crippen LogP contribution in [0.5, 0.6) is 0 Å². The van der Waals surface area contributed by atoms with Gasteiger partial charge in [-0.3, -0.25) is 9.78 Å². The fourth-order valence-electron chi connectivity index (χ4n) is 3.85. The van der Waals surface area contributed by atoms with Gasteiger partial charge in [0.25, 0.3) is 11.8 Å². The summed E-state index contributed by atoms with van der Waals surface area (Å²) in [5.41, 5.74) is 0.694. The molecule has 0 unspecified atom stereocenters. The number of nitrogens with zero attached hydrogens (tertiary/aromatic N) is 4. The van der Waals surface area contributed by atoms with Crippen LogP contribution in [0.3, 0.4) is 0 Å². The van der Waals surface area contributed by atoms with E-state index < -0.39 is 0 Å². The Morgan fingerprint density at radius 3 is 2.93 bits per heavy atom. The average Bonchev–Trinajstić information content (AvgIpc) is 3.42. The Balaban J connectivity index is 1.39. The molecule has 146 valence electrons. The summed E-state index contributed by atoms with van der Waals surface area (Å²) in [6.45, 7) is 3.38. The molecule has 1 aromatic carbocycles. The first kappa shape index (κ1) is 18.0. The molecule has 29 heavy (non-hydrogen) atoms. The number of aromatic nitrogens is 3. The van der Waals surface area contributed by atoms with Gasteiger partial charge in [0.1, 0.15) is 5.69 Å². The highest BCUT2D eigenvalue weighted by Gasteiger charge is 2.29. The van der Waals surface area contributed by atoms with Gasteiger partial charge in [-0.25, -0.2) is 0 Å². The standard InChI is InChI=1S/C22H20N4O2S/c1-14-8-9-18(29-14)22(27)26-12-4-6-16(13-26)20-24-25-21(28-20)19-17-7-3-2-5-15(17)10-11-23-19/h2-3,5,7-11,16H,4,6,12-13H2,1H3/t16-/m1/s1. The molecule has 1 aliphatic rings. The van der Waals surface area contributed by atoms with E-state index in [1.165, 1.54) is 11.3 Å². The molecule has 0 N–H and O–H groups in total. The fourth-order valence-corrected chi connectivity index (χ4v) is 4.69. The van der Waals surface area contributed by atoms with Crippen LogP contribution in [0.25, 0.3) is 22.4 Å². The fraction of sp³-hybridized carbons (Fsp3) is 0.273. The molecule has 4 heterocycles. The molecular weight excluding hydrogens is 384 g/mol. The molecule has 4 aromatic rings. The maximum Gasteiger partial charge on any atom is 0.266 e. The topological polar surface area (TPSA) is 72.1 Å². The van der Waals surface area contributed by atoms with Crippen LogP contribution in [-0.2, 0) is 0 Å². The average molecular weight is 404 g/mol. The van der Waals surface area contributed by atoms with Crippen LogP contribution in [0.1, 0.15) is 39.2 Å². The van der Waals surface area contributed by atoms with Gasteiger partial charge in [0, 0.05) is 29.5 Å². The van der Waals surface area contributed by atoms with Crippen molar-refractivity contribution in [3.8, 4) is 11.6 Å².